The number of nitrogens with one attached hydrogen (secondary N) is 1. The Hall–Kier alpha value is -1.87. The number of amides is 2. The smallest absolute Gasteiger partial charge is 0.243 e. The summed E-state index contributed by atoms with van der Waals surface area (Å²) in [5, 5.41) is 2.35. The molecule has 2 aromatic rings. The molecule has 2 fully saturated rings. The van der Waals surface area contributed by atoms with E-state index in [2.05, 4.69) is 78.4 Å². The van der Waals surface area contributed by atoms with Gasteiger partial charge in [-0.05, 0) is 41.3 Å². The molecule has 1 N–H and O–H groups in total. The van der Waals surface area contributed by atoms with E-state index in [4.69, 9.17) is 12.6 Å². The zero-order valence-corrected chi connectivity index (χ0v) is 20.3. The van der Waals surface area contributed by atoms with Crippen LogP contribution < -0.4 is 10.2 Å². The lowest BCUT2D eigenvalue weighted by molar-refractivity contribution is -0.137. The molecule has 2 atom stereocenters. The van der Waals surface area contributed by atoms with Crippen molar-refractivity contribution in [3.05, 3.63) is 63.6 Å². The van der Waals surface area contributed by atoms with Crippen molar-refractivity contribution < 1.29 is 9.59 Å². The molecule has 2 unspecified atom stereocenters. The topological polar surface area (TPSA) is 55.9 Å². The fourth-order valence-corrected chi connectivity index (χ4v) is 5.83. The lowest BCUT2D eigenvalue weighted by Gasteiger charge is -2.36. The Kier molecular flexibility index (Phi) is 6.29. The molecule has 168 valence electrons. The van der Waals surface area contributed by atoms with Gasteiger partial charge in [0.05, 0.1) is 11.4 Å². The number of benzene rings is 2. The largest absolute Gasteiger partial charge is 0.369 e. The summed E-state index contributed by atoms with van der Waals surface area (Å²) in [6.45, 7) is 5.69. The van der Waals surface area contributed by atoms with Crippen LogP contribution in [0.25, 0.3) is 0 Å². The van der Waals surface area contributed by atoms with Gasteiger partial charge in [0.2, 0.25) is 11.8 Å². The van der Waals surface area contributed by atoms with Gasteiger partial charge in [-0.15, -0.1) is 0 Å². The molecule has 0 aliphatic carbocycles. The number of imide groups is 1. The summed E-state index contributed by atoms with van der Waals surface area (Å²) in [4.78, 5) is 30.9. The van der Waals surface area contributed by atoms with Crippen LogP contribution in [0.2, 0.25) is 0 Å². The second-order valence-corrected chi connectivity index (χ2v) is 10.2. The van der Waals surface area contributed by atoms with Crippen molar-refractivity contribution in [2.24, 2.45) is 0 Å². The number of halogens is 1. The molecule has 2 saturated heterocycles. The van der Waals surface area contributed by atoms with Gasteiger partial charge in [0, 0.05) is 55.8 Å². The Morgan fingerprint density at radius 1 is 1.06 bits per heavy atom. The van der Waals surface area contributed by atoms with Gasteiger partial charge >= 0.3 is 0 Å². The molecule has 32 heavy (non-hydrogen) atoms. The first-order chi connectivity index (χ1) is 15.5. The Bertz CT molecular complexity index is 1040. The predicted molar refractivity (Wildman–Crippen MR) is 132 cm³/mol. The highest BCUT2D eigenvalue weighted by Gasteiger charge is 2.39. The van der Waals surface area contributed by atoms with E-state index in [-0.39, 0.29) is 23.2 Å². The maximum Gasteiger partial charge on any atom is 0.243 e. The fraction of sp³-hybridized carbons (Fsp3) is 0.417. The van der Waals surface area contributed by atoms with E-state index in [1.165, 1.54) is 22.4 Å². The van der Waals surface area contributed by atoms with Gasteiger partial charge in [0.15, 0.2) is 0 Å². The third-order valence-electron chi connectivity index (χ3n) is 6.72. The number of piperazine rings is 1. The SMILES string of the molecule is O=C1CCC(N2Cc3ccc(CN4CCN(c5cccc(Br)c5)CC4)cc3C2S)C(=O)N1. The third-order valence-corrected chi connectivity index (χ3v) is 7.79. The zero-order chi connectivity index (χ0) is 22.2. The average Bonchev–Trinajstić information content (AvgIpc) is 3.10. The number of carbonyl (C=O) groups is 2. The van der Waals surface area contributed by atoms with Crippen molar-refractivity contribution in [3.8, 4) is 0 Å². The maximum absolute atomic E-state index is 12.3. The van der Waals surface area contributed by atoms with E-state index >= 15 is 0 Å². The number of nitrogens with zero attached hydrogens (tertiary/aromatic N) is 3. The summed E-state index contributed by atoms with van der Waals surface area (Å²) in [7, 11) is 0. The summed E-state index contributed by atoms with van der Waals surface area (Å²) in [6, 6.07) is 14.8. The summed E-state index contributed by atoms with van der Waals surface area (Å²) >= 11 is 8.42. The summed E-state index contributed by atoms with van der Waals surface area (Å²) < 4.78 is 1.11. The van der Waals surface area contributed by atoms with Gasteiger partial charge < -0.3 is 4.90 Å². The van der Waals surface area contributed by atoms with Crippen molar-refractivity contribution in [2.45, 2.75) is 37.3 Å². The standard InChI is InChI=1S/C24H27BrN4O2S/c25-18-2-1-3-19(13-18)28-10-8-27(9-11-28)14-16-4-5-17-15-29(24(32)20(17)12-16)21-6-7-22(30)26-23(21)31/h1-5,12-13,21,24,32H,6-11,14-15H2,(H,26,30,31). The molecular formula is C24H27BrN4O2S. The Balaban J connectivity index is 1.21. The first kappa shape index (κ1) is 21.9. The molecule has 0 aromatic heterocycles. The Morgan fingerprint density at radius 2 is 1.88 bits per heavy atom. The highest BCUT2D eigenvalue weighted by atomic mass is 79.9. The van der Waals surface area contributed by atoms with Gasteiger partial charge in [0.25, 0.3) is 0 Å². The van der Waals surface area contributed by atoms with Crippen molar-refractivity contribution >= 4 is 46.1 Å². The highest BCUT2D eigenvalue weighted by Crippen LogP contribution is 2.39. The molecule has 0 saturated carbocycles. The van der Waals surface area contributed by atoms with Crippen LogP contribution in [0.1, 0.15) is 34.9 Å². The second kappa shape index (κ2) is 9.17. The first-order valence-corrected chi connectivity index (χ1v) is 12.4. The summed E-state index contributed by atoms with van der Waals surface area (Å²) in [5.41, 5.74) is 4.95. The van der Waals surface area contributed by atoms with Crippen LogP contribution in [0.3, 0.4) is 0 Å². The van der Waals surface area contributed by atoms with E-state index in [1.54, 1.807) is 0 Å². The van der Waals surface area contributed by atoms with Gasteiger partial charge in [-0.2, -0.15) is 12.6 Å². The maximum atomic E-state index is 12.3. The van der Waals surface area contributed by atoms with Crippen LogP contribution in [-0.2, 0) is 22.7 Å². The molecule has 0 bridgehead atoms. The number of hydrogen-bond acceptors (Lipinski definition) is 6. The summed E-state index contributed by atoms with van der Waals surface area (Å²) in [6.07, 6.45) is 0.950. The van der Waals surface area contributed by atoms with E-state index in [0.717, 1.165) is 37.2 Å². The zero-order valence-electron chi connectivity index (χ0n) is 17.8. The monoisotopic (exact) mass is 514 g/mol. The van der Waals surface area contributed by atoms with Crippen molar-refractivity contribution in [1.82, 2.24) is 15.1 Å². The molecular weight excluding hydrogens is 488 g/mol. The minimum absolute atomic E-state index is 0.123. The van der Waals surface area contributed by atoms with Crippen LogP contribution in [0, 0.1) is 0 Å². The van der Waals surface area contributed by atoms with E-state index < -0.39 is 0 Å². The first-order valence-electron chi connectivity index (χ1n) is 11.1. The van der Waals surface area contributed by atoms with E-state index in [1.807, 2.05) is 0 Å². The number of carbonyl (C=O) groups excluding carboxylic acids is 2. The average molecular weight is 515 g/mol. The lowest BCUT2D eigenvalue weighted by Crippen LogP contribution is -2.51. The molecule has 3 aliphatic rings. The Morgan fingerprint density at radius 3 is 2.62 bits per heavy atom. The second-order valence-electron chi connectivity index (χ2n) is 8.79. The number of thiol groups is 1. The molecule has 2 aromatic carbocycles. The Labute approximate surface area is 202 Å². The van der Waals surface area contributed by atoms with Crippen LogP contribution in [0.4, 0.5) is 5.69 Å². The minimum atomic E-state index is -0.294. The van der Waals surface area contributed by atoms with Gasteiger partial charge in [0.1, 0.15) is 0 Å². The molecule has 3 heterocycles. The number of piperidine rings is 1. The molecule has 0 spiro atoms. The van der Waals surface area contributed by atoms with Gasteiger partial charge in [-0.1, -0.05) is 40.2 Å². The molecule has 5 rings (SSSR count). The number of anilines is 1. The molecule has 3 aliphatic heterocycles. The van der Waals surface area contributed by atoms with Crippen LogP contribution >= 0.6 is 28.6 Å². The van der Waals surface area contributed by atoms with Gasteiger partial charge in [-0.25, -0.2) is 0 Å². The third kappa shape index (κ3) is 4.46. The molecule has 6 nitrogen and oxygen atoms in total. The minimum Gasteiger partial charge on any atom is -0.369 e. The van der Waals surface area contributed by atoms with E-state index in [9.17, 15) is 9.59 Å². The quantitative estimate of drug-likeness (QED) is 0.484. The number of hydrogen-bond donors (Lipinski definition) is 2. The molecule has 8 heteroatoms. The van der Waals surface area contributed by atoms with Crippen LogP contribution in [0.5, 0.6) is 0 Å². The highest BCUT2D eigenvalue weighted by molar-refractivity contribution is 9.10. The van der Waals surface area contributed by atoms with Crippen molar-refractivity contribution in [3.63, 3.8) is 0 Å². The summed E-state index contributed by atoms with van der Waals surface area (Å²) in [5.74, 6) is -0.377. The van der Waals surface area contributed by atoms with Crippen LogP contribution in [0.15, 0.2) is 46.9 Å². The predicted octanol–water partition coefficient (Wildman–Crippen LogP) is 3.32. The fourth-order valence-electron chi connectivity index (χ4n) is 4.96. The normalized spacial score (nSPS) is 24.5. The number of rotatable bonds is 4. The van der Waals surface area contributed by atoms with E-state index in [0.29, 0.717) is 19.4 Å². The van der Waals surface area contributed by atoms with Crippen molar-refractivity contribution in [2.75, 3.05) is 31.1 Å². The molecule has 2 amide bonds. The van der Waals surface area contributed by atoms with Gasteiger partial charge in [-0.3, -0.25) is 24.7 Å². The van der Waals surface area contributed by atoms with Crippen LogP contribution in [-0.4, -0.2) is 53.8 Å². The molecule has 0 radical (unpaired) electrons. The lowest BCUT2D eigenvalue weighted by atomic mass is 10.0. The number of fused-ring (bicyclic) bond motifs is 1. The van der Waals surface area contributed by atoms with Crippen molar-refractivity contribution in [1.29, 1.82) is 0 Å².